The lowest BCUT2D eigenvalue weighted by Crippen LogP contribution is -2.35. The van der Waals surface area contributed by atoms with Gasteiger partial charge in [-0.05, 0) is 55.0 Å². The monoisotopic (exact) mass is 323 g/mol. The van der Waals surface area contributed by atoms with Gasteiger partial charge in [-0.25, -0.2) is 4.79 Å². The van der Waals surface area contributed by atoms with E-state index in [4.69, 9.17) is 0 Å². The zero-order valence-electron chi connectivity index (χ0n) is 13.8. The Kier molecular flexibility index (Phi) is 4.65. The molecule has 1 aliphatic heterocycles. The highest BCUT2D eigenvalue weighted by molar-refractivity contribution is 5.95. The number of carboxylic acid groups (broad SMARTS) is 1. The van der Waals surface area contributed by atoms with E-state index in [-0.39, 0.29) is 11.5 Å². The lowest BCUT2D eigenvalue weighted by atomic mass is 9.98. The molecular formula is C20H21NO3. The third-order valence-corrected chi connectivity index (χ3v) is 4.52. The summed E-state index contributed by atoms with van der Waals surface area (Å²) >= 11 is 0. The van der Waals surface area contributed by atoms with Crippen molar-refractivity contribution in [3.63, 3.8) is 0 Å². The second kappa shape index (κ2) is 6.87. The highest BCUT2D eigenvalue weighted by atomic mass is 16.4. The van der Waals surface area contributed by atoms with Crippen LogP contribution in [-0.2, 0) is 17.6 Å². The summed E-state index contributed by atoms with van der Waals surface area (Å²) < 4.78 is 0. The number of amides is 1. The van der Waals surface area contributed by atoms with Gasteiger partial charge in [0, 0.05) is 18.7 Å². The Hall–Kier alpha value is -2.62. The lowest BCUT2D eigenvalue weighted by molar-refractivity contribution is -0.118. The van der Waals surface area contributed by atoms with Crippen LogP contribution in [-0.4, -0.2) is 23.5 Å². The number of benzene rings is 2. The van der Waals surface area contributed by atoms with Crippen LogP contribution in [0.1, 0.15) is 39.9 Å². The van der Waals surface area contributed by atoms with Crippen molar-refractivity contribution in [2.45, 2.75) is 32.6 Å². The van der Waals surface area contributed by atoms with Crippen molar-refractivity contribution in [2.75, 3.05) is 11.4 Å². The smallest absolute Gasteiger partial charge is 0.335 e. The second-order valence-corrected chi connectivity index (χ2v) is 6.24. The van der Waals surface area contributed by atoms with Crippen LogP contribution < -0.4 is 4.90 Å². The van der Waals surface area contributed by atoms with Crippen LogP contribution in [0.15, 0.2) is 42.5 Å². The van der Waals surface area contributed by atoms with Crippen LogP contribution in [0, 0.1) is 6.92 Å². The Morgan fingerprint density at radius 3 is 2.75 bits per heavy atom. The number of aromatic carboxylic acids is 1. The molecule has 4 heteroatoms. The topological polar surface area (TPSA) is 57.6 Å². The Bertz CT molecular complexity index is 782. The molecule has 0 aliphatic carbocycles. The number of anilines is 1. The van der Waals surface area contributed by atoms with Crippen molar-refractivity contribution in [3.8, 4) is 0 Å². The first-order valence-electron chi connectivity index (χ1n) is 8.27. The number of carboxylic acids is 1. The molecule has 0 atom stereocenters. The minimum Gasteiger partial charge on any atom is -0.478 e. The molecule has 1 aliphatic rings. The number of carbonyl (C=O) groups is 2. The number of nitrogens with zero attached hydrogens (tertiary/aromatic N) is 1. The number of hydrogen-bond acceptors (Lipinski definition) is 2. The maximum atomic E-state index is 12.7. The molecule has 0 saturated carbocycles. The van der Waals surface area contributed by atoms with E-state index < -0.39 is 5.97 Å². The summed E-state index contributed by atoms with van der Waals surface area (Å²) in [6.07, 6.45) is 2.73. The van der Waals surface area contributed by atoms with Gasteiger partial charge in [0.15, 0.2) is 0 Å². The van der Waals surface area contributed by atoms with Crippen LogP contribution in [0.4, 0.5) is 5.69 Å². The molecule has 0 fully saturated rings. The van der Waals surface area contributed by atoms with E-state index in [0.717, 1.165) is 30.6 Å². The number of aryl methyl sites for hydroxylation is 3. The molecule has 124 valence electrons. The van der Waals surface area contributed by atoms with Gasteiger partial charge in [0.2, 0.25) is 5.91 Å². The fourth-order valence-electron chi connectivity index (χ4n) is 3.27. The molecular weight excluding hydrogens is 302 g/mol. The predicted molar refractivity (Wildman–Crippen MR) is 93.6 cm³/mol. The normalized spacial score (nSPS) is 13.5. The summed E-state index contributed by atoms with van der Waals surface area (Å²) in [4.78, 5) is 25.8. The molecule has 24 heavy (non-hydrogen) atoms. The quantitative estimate of drug-likeness (QED) is 0.935. The summed E-state index contributed by atoms with van der Waals surface area (Å²) in [5.41, 5.74) is 4.36. The fourth-order valence-corrected chi connectivity index (χ4v) is 3.27. The van der Waals surface area contributed by atoms with Gasteiger partial charge in [-0.15, -0.1) is 0 Å². The molecule has 0 aromatic heterocycles. The minimum atomic E-state index is -0.947. The van der Waals surface area contributed by atoms with Crippen molar-refractivity contribution in [1.82, 2.24) is 0 Å². The van der Waals surface area contributed by atoms with Crippen LogP contribution >= 0.6 is 0 Å². The highest BCUT2D eigenvalue weighted by Gasteiger charge is 2.22. The van der Waals surface area contributed by atoms with Crippen LogP contribution in [0.25, 0.3) is 0 Å². The van der Waals surface area contributed by atoms with Crippen LogP contribution in [0.5, 0.6) is 0 Å². The molecule has 1 heterocycles. The van der Waals surface area contributed by atoms with Crippen molar-refractivity contribution < 1.29 is 14.7 Å². The number of carbonyl (C=O) groups excluding carboxylic acids is 1. The lowest BCUT2D eigenvalue weighted by Gasteiger charge is -2.30. The molecule has 3 rings (SSSR count). The van der Waals surface area contributed by atoms with Gasteiger partial charge in [0.05, 0.1) is 5.56 Å². The first kappa shape index (κ1) is 16.2. The van der Waals surface area contributed by atoms with Crippen molar-refractivity contribution in [1.29, 1.82) is 0 Å². The molecule has 0 radical (unpaired) electrons. The van der Waals surface area contributed by atoms with E-state index in [9.17, 15) is 14.7 Å². The van der Waals surface area contributed by atoms with Gasteiger partial charge >= 0.3 is 5.97 Å². The fraction of sp³-hybridized carbons (Fsp3) is 0.300. The third-order valence-electron chi connectivity index (χ3n) is 4.52. The maximum Gasteiger partial charge on any atom is 0.335 e. The van der Waals surface area contributed by atoms with Crippen LogP contribution in [0.2, 0.25) is 0 Å². The summed E-state index contributed by atoms with van der Waals surface area (Å²) in [5, 5.41) is 9.24. The Morgan fingerprint density at radius 1 is 1.17 bits per heavy atom. The van der Waals surface area contributed by atoms with Crippen molar-refractivity contribution >= 4 is 17.6 Å². The summed E-state index contributed by atoms with van der Waals surface area (Å²) in [6.45, 7) is 2.76. The summed E-state index contributed by atoms with van der Waals surface area (Å²) in [7, 11) is 0. The Morgan fingerprint density at radius 2 is 1.96 bits per heavy atom. The molecule has 0 bridgehead atoms. The molecule has 0 saturated heterocycles. The average molecular weight is 323 g/mol. The van der Waals surface area contributed by atoms with E-state index in [1.807, 2.05) is 17.9 Å². The minimum absolute atomic E-state index is 0.0572. The molecule has 0 spiro atoms. The van der Waals surface area contributed by atoms with Gasteiger partial charge in [-0.2, -0.15) is 0 Å². The first-order valence-corrected chi connectivity index (χ1v) is 8.27. The van der Waals surface area contributed by atoms with Gasteiger partial charge < -0.3 is 10.0 Å². The van der Waals surface area contributed by atoms with E-state index in [2.05, 4.69) is 18.2 Å². The Labute approximate surface area is 141 Å². The molecule has 4 nitrogen and oxygen atoms in total. The second-order valence-electron chi connectivity index (χ2n) is 6.24. The van der Waals surface area contributed by atoms with E-state index in [1.165, 1.54) is 5.56 Å². The summed E-state index contributed by atoms with van der Waals surface area (Å²) in [6, 6.07) is 13.1. The van der Waals surface area contributed by atoms with Crippen LogP contribution in [0.3, 0.4) is 0 Å². The molecule has 2 aromatic carbocycles. The number of rotatable bonds is 4. The molecule has 1 amide bonds. The third kappa shape index (κ3) is 3.32. The average Bonchev–Trinajstić information content (AvgIpc) is 2.59. The van der Waals surface area contributed by atoms with Gasteiger partial charge in [0.1, 0.15) is 0 Å². The Balaban J connectivity index is 1.76. The molecule has 1 N–H and O–H groups in total. The first-order chi connectivity index (χ1) is 11.6. The van der Waals surface area contributed by atoms with Crippen molar-refractivity contribution in [2.24, 2.45) is 0 Å². The van der Waals surface area contributed by atoms with Gasteiger partial charge in [0.25, 0.3) is 0 Å². The van der Waals surface area contributed by atoms with E-state index in [0.29, 0.717) is 18.4 Å². The predicted octanol–water partition coefficient (Wildman–Crippen LogP) is 3.61. The standard InChI is InChI=1S/C20H21NO3/c1-14-8-9-16-6-4-12-21(18(16)13-14)19(22)11-10-15-5-2-3-7-17(15)20(23)24/h2-3,5,7-9,13H,4,6,10-12H2,1H3,(H,23,24). The van der Waals surface area contributed by atoms with E-state index in [1.54, 1.807) is 18.2 Å². The zero-order chi connectivity index (χ0) is 17.1. The SMILES string of the molecule is Cc1ccc2c(c1)N(C(=O)CCc1ccccc1C(=O)O)CCC2. The maximum absolute atomic E-state index is 12.7. The number of hydrogen-bond donors (Lipinski definition) is 1. The largest absolute Gasteiger partial charge is 0.478 e. The molecule has 0 unspecified atom stereocenters. The number of fused-ring (bicyclic) bond motifs is 1. The van der Waals surface area contributed by atoms with Gasteiger partial charge in [-0.3, -0.25) is 4.79 Å². The van der Waals surface area contributed by atoms with Crippen molar-refractivity contribution in [3.05, 3.63) is 64.7 Å². The zero-order valence-corrected chi connectivity index (χ0v) is 13.8. The van der Waals surface area contributed by atoms with E-state index >= 15 is 0 Å². The highest BCUT2D eigenvalue weighted by Crippen LogP contribution is 2.29. The molecule has 2 aromatic rings. The summed E-state index contributed by atoms with van der Waals surface area (Å²) in [5.74, 6) is -0.890. The van der Waals surface area contributed by atoms with Gasteiger partial charge in [-0.1, -0.05) is 30.3 Å².